The van der Waals surface area contributed by atoms with Gasteiger partial charge in [0.05, 0.1) is 18.0 Å². The van der Waals surface area contributed by atoms with Gasteiger partial charge in [0.2, 0.25) is 0 Å². The zero-order valence-corrected chi connectivity index (χ0v) is 16.3. The summed E-state index contributed by atoms with van der Waals surface area (Å²) in [4.78, 5) is 27.8. The van der Waals surface area contributed by atoms with Crippen LogP contribution in [0.4, 0.5) is 0 Å². The van der Waals surface area contributed by atoms with E-state index in [4.69, 9.17) is 9.15 Å². The molecular formula is C24H20N2O4. The molecule has 1 atom stereocenters. The highest BCUT2D eigenvalue weighted by Gasteiger charge is 2.18. The molecule has 2 aromatic carbocycles. The van der Waals surface area contributed by atoms with Crippen molar-refractivity contribution in [3.05, 3.63) is 107 Å². The van der Waals surface area contributed by atoms with Crippen LogP contribution in [-0.4, -0.2) is 10.9 Å². The minimum Gasteiger partial charge on any atom is -0.463 e. The summed E-state index contributed by atoms with van der Waals surface area (Å²) in [7, 11) is 0. The van der Waals surface area contributed by atoms with E-state index in [0.29, 0.717) is 23.0 Å². The molecule has 0 saturated heterocycles. The maximum absolute atomic E-state index is 12.7. The van der Waals surface area contributed by atoms with Gasteiger partial charge in [0.1, 0.15) is 22.8 Å². The van der Waals surface area contributed by atoms with E-state index in [9.17, 15) is 9.59 Å². The van der Waals surface area contributed by atoms with Crippen LogP contribution < -0.4 is 15.6 Å². The Balaban J connectivity index is 1.52. The number of furan rings is 1. The molecule has 6 nitrogen and oxygen atoms in total. The van der Waals surface area contributed by atoms with Crippen LogP contribution in [0.25, 0.3) is 11.5 Å². The second-order valence-electron chi connectivity index (χ2n) is 6.74. The van der Waals surface area contributed by atoms with Crippen LogP contribution in [0.5, 0.6) is 11.5 Å². The molecule has 0 saturated carbocycles. The predicted molar refractivity (Wildman–Crippen MR) is 114 cm³/mol. The Morgan fingerprint density at radius 2 is 1.73 bits per heavy atom. The van der Waals surface area contributed by atoms with E-state index in [-0.39, 0.29) is 11.6 Å². The second-order valence-corrected chi connectivity index (χ2v) is 6.74. The Morgan fingerprint density at radius 3 is 2.47 bits per heavy atom. The van der Waals surface area contributed by atoms with Crippen LogP contribution in [0.15, 0.2) is 94.3 Å². The Kier molecular flexibility index (Phi) is 5.48. The first-order valence-electron chi connectivity index (χ1n) is 9.52. The number of carbonyl (C=O) groups excluding carboxylic acids is 1. The highest BCUT2D eigenvalue weighted by molar-refractivity contribution is 5.94. The number of benzene rings is 2. The van der Waals surface area contributed by atoms with E-state index in [2.05, 4.69) is 10.3 Å². The van der Waals surface area contributed by atoms with Gasteiger partial charge in [-0.15, -0.1) is 0 Å². The van der Waals surface area contributed by atoms with Crippen molar-refractivity contribution < 1.29 is 13.9 Å². The van der Waals surface area contributed by atoms with Gasteiger partial charge in [-0.25, -0.2) is 0 Å². The average molecular weight is 400 g/mol. The molecule has 0 aliphatic carbocycles. The molecule has 0 aliphatic heterocycles. The zero-order chi connectivity index (χ0) is 20.9. The van der Waals surface area contributed by atoms with E-state index < -0.39 is 11.5 Å². The summed E-state index contributed by atoms with van der Waals surface area (Å²) in [6.07, 6.45) is 1.52. The van der Waals surface area contributed by atoms with Crippen LogP contribution in [-0.2, 0) is 0 Å². The molecule has 4 aromatic rings. The molecule has 2 N–H and O–H groups in total. The summed E-state index contributed by atoms with van der Waals surface area (Å²) >= 11 is 0. The number of H-pyrrole nitrogens is 1. The Morgan fingerprint density at radius 1 is 0.967 bits per heavy atom. The Hall–Kier alpha value is -4.06. The lowest BCUT2D eigenvalue weighted by atomic mass is 10.1. The first kappa shape index (κ1) is 19.3. The maximum atomic E-state index is 12.7. The van der Waals surface area contributed by atoms with Crippen LogP contribution >= 0.6 is 0 Å². The molecule has 0 spiro atoms. The fourth-order valence-electron chi connectivity index (χ4n) is 3.13. The van der Waals surface area contributed by atoms with E-state index in [0.717, 1.165) is 5.56 Å². The van der Waals surface area contributed by atoms with Gasteiger partial charge in [0.15, 0.2) is 0 Å². The molecular weight excluding hydrogens is 380 g/mol. The first-order chi connectivity index (χ1) is 14.6. The van der Waals surface area contributed by atoms with Crippen molar-refractivity contribution in [2.45, 2.75) is 13.0 Å². The molecule has 1 unspecified atom stereocenters. The number of amides is 1. The van der Waals surface area contributed by atoms with Crippen molar-refractivity contribution >= 4 is 5.91 Å². The minimum atomic E-state index is -0.484. The number of pyridine rings is 1. The molecule has 4 rings (SSSR count). The van der Waals surface area contributed by atoms with Crippen LogP contribution in [0, 0.1) is 0 Å². The number of aromatic nitrogens is 1. The number of rotatable bonds is 6. The van der Waals surface area contributed by atoms with Crippen LogP contribution in [0.2, 0.25) is 0 Å². The number of hydrogen-bond acceptors (Lipinski definition) is 4. The third-order valence-electron chi connectivity index (χ3n) is 4.64. The van der Waals surface area contributed by atoms with Crippen molar-refractivity contribution in [1.29, 1.82) is 0 Å². The van der Waals surface area contributed by atoms with Crippen molar-refractivity contribution in [3.63, 3.8) is 0 Å². The third-order valence-corrected chi connectivity index (χ3v) is 4.64. The Bertz CT molecular complexity index is 1200. The van der Waals surface area contributed by atoms with Crippen molar-refractivity contribution in [2.24, 2.45) is 0 Å². The van der Waals surface area contributed by atoms with Crippen molar-refractivity contribution in [3.8, 4) is 23.0 Å². The summed E-state index contributed by atoms with van der Waals surface area (Å²) < 4.78 is 11.2. The van der Waals surface area contributed by atoms with Crippen LogP contribution in [0.3, 0.4) is 0 Å². The number of carbonyl (C=O) groups is 1. The molecule has 0 fully saturated rings. The first-order valence-corrected chi connectivity index (χ1v) is 9.52. The lowest BCUT2D eigenvalue weighted by molar-refractivity contribution is 0.0938. The second kappa shape index (κ2) is 8.53. The lowest BCUT2D eigenvalue weighted by Crippen LogP contribution is -2.31. The fourth-order valence-corrected chi connectivity index (χ4v) is 3.13. The molecule has 6 heteroatoms. The standard InChI is InChI=1S/C24H20N2O4/c1-16(18-10-5-6-11-21(18)30-17-8-3-2-4-9-17)25-23(27)19-13-14-20(26-24(19)28)22-12-7-15-29-22/h2-16H,1H3,(H,25,27)(H,26,28). The quantitative estimate of drug-likeness (QED) is 0.481. The van der Waals surface area contributed by atoms with Gasteiger partial charge in [0.25, 0.3) is 11.5 Å². The van der Waals surface area contributed by atoms with Crippen molar-refractivity contribution in [2.75, 3.05) is 0 Å². The molecule has 30 heavy (non-hydrogen) atoms. The lowest BCUT2D eigenvalue weighted by Gasteiger charge is -2.18. The maximum Gasteiger partial charge on any atom is 0.261 e. The summed E-state index contributed by atoms with van der Waals surface area (Å²) in [6, 6.07) is 23.1. The molecule has 150 valence electrons. The third kappa shape index (κ3) is 4.17. The van der Waals surface area contributed by atoms with Gasteiger partial charge < -0.3 is 19.5 Å². The number of nitrogens with one attached hydrogen (secondary N) is 2. The summed E-state index contributed by atoms with van der Waals surface area (Å²) in [5.41, 5.74) is 0.857. The highest BCUT2D eigenvalue weighted by atomic mass is 16.5. The monoisotopic (exact) mass is 400 g/mol. The SMILES string of the molecule is CC(NC(=O)c1ccc(-c2ccco2)[nH]c1=O)c1ccccc1Oc1ccccc1. The average Bonchev–Trinajstić information content (AvgIpc) is 3.29. The molecule has 1 amide bonds. The number of aromatic amines is 1. The van der Waals surface area contributed by atoms with E-state index in [1.54, 1.807) is 18.2 Å². The van der Waals surface area contributed by atoms with E-state index in [1.807, 2.05) is 61.5 Å². The van der Waals surface area contributed by atoms with Crippen molar-refractivity contribution in [1.82, 2.24) is 10.3 Å². The van der Waals surface area contributed by atoms with Gasteiger partial charge in [0, 0.05) is 5.56 Å². The molecule has 0 aliphatic rings. The smallest absolute Gasteiger partial charge is 0.261 e. The highest BCUT2D eigenvalue weighted by Crippen LogP contribution is 2.29. The summed E-state index contributed by atoms with van der Waals surface area (Å²) in [5.74, 6) is 1.40. The zero-order valence-electron chi connectivity index (χ0n) is 16.3. The predicted octanol–water partition coefficient (Wildman–Crippen LogP) is 4.92. The molecule has 2 heterocycles. The normalized spacial score (nSPS) is 11.6. The van der Waals surface area contributed by atoms with E-state index in [1.165, 1.54) is 12.3 Å². The van der Waals surface area contributed by atoms with Gasteiger partial charge in [-0.05, 0) is 49.4 Å². The largest absolute Gasteiger partial charge is 0.463 e. The molecule has 2 aromatic heterocycles. The van der Waals surface area contributed by atoms with Gasteiger partial charge in [-0.2, -0.15) is 0 Å². The van der Waals surface area contributed by atoms with E-state index >= 15 is 0 Å². The Labute approximate surface area is 173 Å². The van der Waals surface area contributed by atoms with Gasteiger partial charge in [-0.1, -0.05) is 36.4 Å². The molecule has 0 bridgehead atoms. The number of hydrogen-bond donors (Lipinski definition) is 2. The fraction of sp³-hybridized carbons (Fsp3) is 0.0833. The van der Waals surface area contributed by atoms with Crippen LogP contribution in [0.1, 0.15) is 28.9 Å². The number of para-hydroxylation sites is 2. The summed E-state index contributed by atoms with van der Waals surface area (Å²) in [5, 5.41) is 2.87. The molecule has 0 radical (unpaired) electrons. The van der Waals surface area contributed by atoms with Gasteiger partial charge >= 0.3 is 0 Å². The topological polar surface area (TPSA) is 84.3 Å². The van der Waals surface area contributed by atoms with Gasteiger partial charge in [-0.3, -0.25) is 9.59 Å². The minimum absolute atomic E-state index is 0.0265. The summed E-state index contributed by atoms with van der Waals surface area (Å²) in [6.45, 7) is 1.84. The number of ether oxygens (including phenoxy) is 1.